The van der Waals surface area contributed by atoms with Crippen LogP contribution in [0.15, 0.2) is 24.7 Å². The summed E-state index contributed by atoms with van der Waals surface area (Å²) in [6, 6.07) is 0. The quantitative estimate of drug-likeness (QED) is 0.280. The Bertz CT molecular complexity index is 260. The molecule has 0 amide bonds. The van der Waals surface area contributed by atoms with Crippen molar-refractivity contribution in [3.8, 4) is 0 Å². The molecule has 0 rings (SSSR count). The van der Waals surface area contributed by atoms with Gasteiger partial charge in [-0.05, 0) is 25.0 Å². The van der Waals surface area contributed by atoms with Crippen molar-refractivity contribution in [2.45, 2.75) is 12.8 Å². The third kappa shape index (κ3) is 14.4. The molecule has 0 spiro atoms. The van der Waals surface area contributed by atoms with Gasteiger partial charge in [0.05, 0.1) is 39.0 Å². The molecule has 0 aromatic carbocycles. The van der Waals surface area contributed by atoms with E-state index in [1.165, 1.54) is 0 Å². The van der Waals surface area contributed by atoms with Crippen LogP contribution < -0.4 is 0 Å². The van der Waals surface area contributed by atoms with Gasteiger partial charge in [0, 0.05) is 39.3 Å². The molecule has 4 N–H and O–H groups in total. The standard InChI is InChI=1S/C16H32N2O5/c19-11-7-17(8-12-20)5-1-3-15-23-16-4-2-6-18(9-13-21)10-14-22/h3-4,15-16,19-22H,1-2,5-14H2. The fraction of sp³-hybridized carbons (Fsp3) is 0.750. The Hall–Kier alpha value is -0.960. The van der Waals surface area contributed by atoms with E-state index in [1.807, 2.05) is 22.0 Å². The molecule has 0 unspecified atom stereocenters. The summed E-state index contributed by atoms with van der Waals surface area (Å²) in [4.78, 5) is 3.97. The van der Waals surface area contributed by atoms with Gasteiger partial charge in [-0.3, -0.25) is 9.80 Å². The van der Waals surface area contributed by atoms with Gasteiger partial charge in [-0.2, -0.15) is 0 Å². The fourth-order valence-corrected chi connectivity index (χ4v) is 2.04. The number of aliphatic hydroxyl groups is 4. The van der Waals surface area contributed by atoms with E-state index in [-0.39, 0.29) is 26.4 Å². The predicted octanol–water partition coefficient (Wildman–Crippen LogP) is -0.616. The number of hydrogen-bond donors (Lipinski definition) is 4. The van der Waals surface area contributed by atoms with Crippen LogP contribution in [0.4, 0.5) is 0 Å². The third-order valence-corrected chi connectivity index (χ3v) is 3.24. The molecule has 0 aliphatic heterocycles. The van der Waals surface area contributed by atoms with Gasteiger partial charge >= 0.3 is 0 Å². The Morgan fingerprint density at radius 1 is 0.565 bits per heavy atom. The second-order valence-corrected chi connectivity index (χ2v) is 5.03. The van der Waals surface area contributed by atoms with E-state index in [2.05, 4.69) is 0 Å². The average Bonchev–Trinajstić information content (AvgIpc) is 2.54. The lowest BCUT2D eigenvalue weighted by Crippen LogP contribution is -2.30. The van der Waals surface area contributed by atoms with Crippen LogP contribution in [0.1, 0.15) is 12.8 Å². The van der Waals surface area contributed by atoms with Gasteiger partial charge in [0.15, 0.2) is 0 Å². The van der Waals surface area contributed by atoms with Gasteiger partial charge in [-0.25, -0.2) is 0 Å². The largest absolute Gasteiger partial charge is 0.473 e. The van der Waals surface area contributed by atoms with E-state index in [9.17, 15) is 0 Å². The predicted molar refractivity (Wildman–Crippen MR) is 89.8 cm³/mol. The normalized spacial score (nSPS) is 12.3. The lowest BCUT2D eigenvalue weighted by molar-refractivity contribution is 0.162. The molecule has 0 saturated carbocycles. The maximum atomic E-state index is 8.89. The summed E-state index contributed by atoms with van der Waals surface area (Å²) < 4.78 is 5.24. The molecule has 0 aromatic heterocycles. The highest BCUT2D eigenvalue weighted by Crippen LogP contribution is 1.95. The Balaban J connectivity index is 3.71. The van der Waals surface area contributed by atoms with Crippen molar-refractivity contribution < 1.29 is 25.2 Å². The first-order chi connectivity index (χ1) is 11.3. The molecule has 0 aliphatic rings. The van der Waals surface area contributed by atoms with E-state index < -0.39 is 0 Å². The summed E-state index contributed by atoms with van der Waals surface area (Å²) in [6.45, 7) is 4.14. The minimum absolute atomic E-state index is 0.0898. The van der Waals surface area contributed by atoms with Crippen LogP contribution in [0.2, 0.25) is 0 Å². The lowest BCUT2D eigenvalue weighted by Gasteiger charge is -2.18. The van der Waals surface area contributed by atoms with Gasteiger partial charge in [0.1, 0.15) is 0 Å². The van der Waals surface area contributed by atoms with Crippen molar-refractivity contribution in [2.75, 3.05) is 65.7 Å². The van der Waals surface area contributed by atoms with Crippen LogP contribution in [0.5, 0.6) is 0 Å². The summed E-state index contributed by atoms with van der Waals surface area (Å²) in [6.07, 6.45) is 8.60. The summed E-state index contributed by atoms with van der Waals surface area (Å²) in [5.74, 6) is 0. The Labute approximate surface area is 139 Å². The molecule has 0 fully saturated rings. The van der Waals surface area contributed by atoms with E-state index in [4.69, 9.17) is 25.2 Å². The first-order valence-corrected chi connectivity index (χ1v) is 8.12. The number of aliphatic hydroxyl groups excluding tert-OH is 4. The zero-order valence-electron chi connectivity index (χ0n) is 13.9. The summed E-state index contributed by atoms with van der Waals surface area (Å²) in [5, 5.41) is 35.5. The van der Waals surface area contributed by atoms with Gasteiger partial charge < -0.3 is 25.2 Å². The van der Waals surface area contributed by atoms with Crippen molar-refractivity contribution >= 4 is 0 Å². The van der Waals surface area contributed by atoms with E-state index in [0.717, 1.165) is 25.9 Å². The third-order valence-electron chi connectivity index (χ3n) is 3.24. The van der Waals surface area contributed by atoms with Crippen molar-refractivity contribution in [1.29, 1.82) is 0 Å². The molecule has 0 saturated heterocycles. The minimum Gasteiger partial charge on any atom is -0.473 e. The Morgan fingerprint density at radius 2 is 0.913 bits per heavy atom. The number of nitrogens with zero attached hydrogens (tertiary/aromatic N) is 2. The van der Waals surface area contributed by atoms with Crippen LogP contribution >= 0.6 is 0 Å². The Morgan fingerprint density at radius 3 is 1.22 bits per heavy atom. The number of rotatable bonds is 16. The Kier molecular flexibility index (Phi) is 16.7. The summed E-state index contributed by atoms with van der Waals surface area (Å²) >= 11 is 0. The highest BCUT2D eigenvalue weighted by Gasteiger charge is 2.01. The summed E-state index contributed by atoms with van der Waals surface area (Å²) in [5.41, 5.74) is 0. The van der Waals surface area contributed by atoms with Crippen molar-refractivity contribution in [2.24, 2.45) is 0 Å². The second kappa shape index (κ2) is 17.4. The van der Waals surface area contributed by atoms with Gasteiger partial charge in [0.2, 0.25) is 0 Å². The van der Waals surface area contributed by atoms with Crippen LogP contribution in [-0.4, -0.2) is 95.9 Å². The fourth-order valence-electron chi connectivity index (χ4n) is 2.04. The van der Waals surface area contributed by atoms with Crippen LogP contribution in [0, 0.1) is 0 Å². The molecule has 7 nitrogen and oxygen atoms in total. The second-order valence-electron chi connectivity index (χ2n) is 5.03. The van der Waals surface area contributed by atoms with Gasteiger partial charge in [-0.15, -0.1) is 0 Å². The molecule has 0 heterocycles. The molecular weight excluding hydrogens is 300 g/mol. The van der Waals surface area contributed by atoms with Crippen molar-refractivity contribution in [3.05, 3.63) is 24.7 Å². The maximum absolute atomic E-state index is 8.89. The molecule has 7 heteroatoms. The molecule has 0 bridgehead atoms. The van der Waals surface area contributed by atoms with E-state index in [1.54, 1.807) is 12.5 Å². The topological polar surface area (TPSA) is 96.6 Å². The maximum Gasteiger partial charge on any atom is 0.0861 e. The van der Waals surface area contributed by atoms with Crippen LogP contribution in [0.25, 0.3) is 0 Å². The highest BCUT2D eigenvalue weighted by atomic mass is 16.5. The number of hydrogen-bond acceptors (Lipinski definition) is 7. The average molecular weight is 332 g/mol. The first-order valence-electron chi connectivity index (χ1n) is 8.12. The summed E-state index contributed by atoms with van der Waals surface area (Å²) in [7, 11) is 0. The zero-order valence-corrected chi connectivity index (χ0v) is 13.9. The lowest BCUT2D eigenvalue weighted by atomic mass is 10.3. The van der Waals surface area contributed by atoms with Gasteiger partial charge in [0.25, 0.3) is 0 Å². The van der Waals surface area contributed by atoms with Crippen LogP contribution in [-0.2, 0) is 4.74 Å². The van der Waals surface area contributed by atoms with E-state index in [0.29, 0.717) is 26.2 Å². The van der Waals surface area contributed by atoms with Gasteiger partial charge in [-0.1, -0.05) is 0 Å². The molecule has 136 valence electrons. The molecular formula is C16H32N2O5. The van der Waals surface area contributed by atoms with Crippen LogP contribution in [0.3, 0.4) is 0 Å². The molecule has 0 atom stereocenters. The highest BCUT2D eigenvalue weighted by molar-refractivity contribution is 4.81. The molecule has 0 aromatic rings. The first kappa shape index (κ1) is 22.0. The SMILES string of the molecule is OCCN(CCO)CCC=COC=CCCN(CCO)CCO. The molecule has 0 radical (unpaired) electrons. The molecule has 23 heavy (non-hydrogen) atoms. The van der Waals surface area contributed by atoms with Crippen molar-refractivity contribution in [1.82, 2.24) is 9.80 Å². The smallest absolute Gasteiger partial charge is 0.0861 e. The number of ether oxygens (including phenoxy) is 1. The minimum atomic E-state index is 0.0898. The molecule has 0 aliphatic carbocycles. The van der Waals surface area contributed by atoms with E-state index >= 15 is 0 Å². The monoisotopic (exact) mass is 332 g/mol. The zero-order chi connectivity index (χ0) is 17.2. The van der Waals surface area contributed by atoms with Crippen molar-refractivity contribution in [3.63, 3.8) is 0 Å².